The Bertz CT molecular complexity index is 569. The number of nitriles is 1. The van der Waals surface area contributed by atoms with E-state index in [4.69, 9.17) is 11.0 Å². The lowest BCUT2D eigenvalue weighted by molar-refractivity contribution is 1.08. The monoisotopic (exact) mass is 245 g/mol. The zero-order valence-electron chi connectivity index (χ0n) is 9.27. The highest BCUT2D eigenvalue weighted by atomic mass is 32.1. The second kappa shape index (κ2) is 4.80. The number of aryl methyl sites for hydroxylation is 1. The van der Waals surface area contributed by atoms with Crippen LogP contribution in [0.4, 0.5) is 11.5 Å². The van der Waals surface area contributed by atoms with Crippen LogP contribution < -0.4 is 11.1 Å². The van der Waals surface area contributed by atoms with Gasteiger partial charge in [-0.05, 0) is 13.0 Å². The van der Waals surface area contributed by atoms with Gasteiger partial charge < -0.3 is 11.1 Å². The van der Waals surface area contributed by atoms with Crippen LogP contribution in [0.2, 0.25) is 0 Å². The number of nitrogens with two attached hydrogens (primary N) is 1. The molecule has 0 saturated carbocycles. The molecular weight excluding hydrogens is 234 g/mol. The number of thiazole rings is 1. The maximum Gasteiger partial charge on any atom is 0.149 e. The van der Waals surface area contributed by atoms with Crippen molar-refractivity contribution in [2.45, 2.75) is 13.5 Å². The summed E-state index contributed by atoms with van der Waals surface area (Å²) in [5, 5.41) is 12.8. The van der Waals surface area contributed by atoms with Crippen molar-refractivity contribution in [3.8, 4) is 6.07 Å². The molecule has 2 aromatic heterocycles. The maximum atomic E-state index is 8.69. The van der Waals surface area contributed by atoms with Crippen molar-refractivity contribution < 1.29 is 0 Å². The Hall–Kier alpha value is -2.13. The average Bonchev–Trinajstić information content (AvgIpc) is 2.73. The minimum absolute atomic E-state index is 0.457. The fourth-order valence-corrected chi connectivity index (χ4v) is 2.06. The smallest absolute Gasteiger partial charge is 0.149 e. The highest BCUT2D eigenvalue weighted by Gasteiger charge is 2.03. The number of nitrogens with one attached hydrogen (secondary N) is 1. The summed E-state index contributed by atoms with van der Waals surface area (Å²) in [4.78, 5) is 9.49. The molecule has 0 aromatic carbocycles. The molecule has 2 heterocycles. The van der Waals surface area contributed by atoms with Crippen LogP contribution in [-0.4, -0.2) is 9.97 Å². The molecule has 86 valence electrons. The number of aromatic nitrogens is 2. The lowest BCUT2D eigenvalue weighted by Gasteiger charge is -2.06. The van der Waals surface area contributed by atoms with Gasteiger partial charge in [-0.2, -0.15) is 5.26 Å². The molecule has 0 atom stereocenters. The van der Waals surface area contributed by atoms with Gasteiger partial charge >= 0.3 is 0 Å². The Morgan fingerprint density at radius 3 is 2.88 bits per heavy atom. The lowest BCUT2D eigenvalue weighted by Crippen LogP contribution is -2.04. The van der Waals surface area contributed by atoms with Gasteiger partial charge in [0.05, 0.1) is 17.8 Å². The molecule has 0 bridgehead atoms. The van der Waals surface area contributed by atoms with E-state index in [1.165, 1.54) is 11.1 Å². The molecule has 17 heavy (non-hydrogen) atoms. The van der Waals surface area contributed by atoms with E-state index in [1.54, 1.807) is 17.4 Å². The predicted octanol–water partition coefficient (Wildman–Crippen LogP) is 1.91. The molecule has 0 aliphatic rings. The number of anilines is 2. The number of pyridine rings is 1. The first-order chi connectivity index (χ1) is 8.19. The predicted molar refractivity (Wildman–Crippen MR) is 67.5 cm³/mol. The van der Waals surface area contributed by atoms with E-state index in [0.29, 0.717) is 23.6 Å². The van der Waals surface area contributed by atoms with Crippen molar-refractivity contribution in [2.24, 2.45) is 0 Å². The highest BCUT2D eigenvalue weighted by Crippen LogP contribution is 2.18. The zero-order chi connectivity index (χ0) is 12.3. The molecule has 5 nitrogen and oxygen atoms in total. The third-order valence-corrected chi connectivity index (χ3v) is 3.04. The van der Waals surface area contributed by atoms with Gasteiger partial charge in [-0.25, -0.2) is 9.97 Å². The van der Waals surface area contributed by atoms with E-state index in [0.717, 1.165) is 5.01 Å². The van der Waals surface area contributed by atoms with Crippen molar-refractivity contribution in [3.63, 3.8) is 0 Å². The molecule has 0 aliphatic heterocycles. The van der Waals surface area contributed by atoms with Gasteiger partial charge in [-0.1, -0.05) is 0 Å². The van der Waals surface area contributed by atoms with E-state index in [9.17, 15) is 0 Å². The van der Waals surface area contributed by atoms with E-state index < -0.39 is 0 Å². The summed E-state index contributed by atoms with van der Waals surface area (Å²) in [6.07, 6.45) is 3.32. The zero-order valence-corrected chi connectivity index (χ0v) is 10.1. The molecule has 0 aliphatic carbocycles. The normalized spacial score (nSPS) is 9.88. The molecule has 0 amide bonds. The number of nitrogens with zero attached hydrogens (tertiary/aromatic N) is 3. The summed E-state index contributed by atoms with van der Waals surface area (Å²) >= 11 is 1.63. The standard InChI is InChI=1S/C11H11N5S/c1-7-4-14-10(17-7)6-16-11-9(13)2-8(3-12)5-15-11/h2,4-5H,6,13H2,1H3,(H,15,16). The van der Waals surface area contributed by atoms with E-state index in [1.807, 2.05) is 19.2 Å². The fourth-order valence-electron chi connectivity index (χ4n) is 1.33. The first-order valence-corrected chi connectivity index (χ1v) is 5.81. The molecule has 2 rings (SSSR count). The van der Waals surface area contributed by atoms with Crippen molar-refractivity contribution in [1.82, 2.24) is 9.97 Å². The Morgan fingerprint density at radius 2 is 2.29 bits per heavy atom. The van der Waals surface area contributed by atoms with Gasteiger partial charge in [-0.3, -0.25) is 0 Å². The van der Waals surface area contributed by atoms with Crippen LogP contribution in [0.15, 0.2) is 18.5 Å². The molecule has 0 radical (unpaired) electrons. The Labute approximate surface area is 103 Å². The van der Waals surface area contributed by atoms with Crippen LogP contribution in [0.25, 0.3) is 0 Å². The topological polar surface area (TPSA) is 87.6 Å². The van der Waals surface area contributed by atoms with Crippen molar-refractivity contribution >= 4 is 22.8 Å². The van der Waals surface area contributed by atoms with Crippen LogP contribution in [0.5, 0.6) is 0 Å². The molecule has 0 fully saturated rings. The van der Waals surface area contributed by atoms with Crippen LogP contribution in [-0.2, 0) is 6.54 Å². The molecule has 3 N–H and O–H groups in total. The first-order valence-electron chi connectivity index (χ1n) is 5.00. The van der Waals surface area contributed by atoms with Gasteiger partial charge in [0.2, 0.25) is 0 Å². The summed E-state index contributed by atoms with van der Waals surface area (Å²) < 4.78 is 0. The van der Waals surface area contributed by atoms with E-state index in [2.05, 4.69) is 15.3 Å². The summed E-state index contributed by atoms with van der Waals surface area (Å²) in [6, 6.07) is 3.59. The summed E-state index contributed by atoms with van der Waals surface area (Å²) in [7, 11) is 0. The van der Waals surface area contributed by atoms with Gasteiger partial charge in [-0.15, -0.1) is 11.3 Å². The number of hydrogen-bond acceptors (Lipinski definition) is 6. The van der Waals surface area contributed by atoms with Gasteiger partial charge in [0.15, 0.2) is 0 Å². The molecule has 6 heteroatoms. The number of hydrogen-bond donors (Lipinski definition) is 2. The largest absolute Gasteiger partial charge is 0.396 e. The highest BCUT2D eigenvalue weighted by molar-refractivity contribution is 7.11. The van der Waals surface area contributed by atoms with Crippen molar-refractivity contribution in [1.29, 1.82) is 5.26 Å². The van der Waals surface area contributed by atoms with Crippen LogP contribution >= 0.6 is 11.3 Å². The third-order valence-electron chi connectivity index (χ3n) is 2.12. The summed E-state index contributed by atoms with van der Waals surface area (Å²) in [5.41, 5.74) is 6.70. The second-order valence-corrected chi connectivity index (χ2v) is 4.81. The van der Waals surface area contributed by atoms with Crippen molar-refractivity contribution in [3.05, 3.63) is 33.9 Å². The number of rotatable bonds is 3. The van der Waals surface area contributed by atoms with Gasteiger partial charge in [0.25, 0.3) is 0 Å². The Balaban J connectivity index is 2.07. The first kappa shape index (κ1) is 11.4. The minimum atomic E-state index is 0.457. The van der Waals surface area contributed by atoms with Gasteiger partial charge in [0.1, 0.15) is 16.9 Å². The maximum absolute atomic E-state index is 8.69. The third kappa shape index (κ3) is 2.71. The SMILES string of the molecule is Cc1cnc(CNc2ncc(C#N)cc2N)s1. The summed E-state index contributed by atoms with van der Waals surface area (Å²) in [5.74, 6) is 0.580. The number of nitrogen functional groups attached to an aromatic ring is 1. The Morgan fingerprint density at radius 1 is 1.47 bits per heavy atom. The van der Waals surface area contributed by atoms with E-state index >= 15 is 0 Å². The quantitative estimate of drug-likeness (QED) is 0.862. The molecular formula is C11H11N5S. The average molecular weight is 245 g/mol. The van der Waals surface area contributed by atoms with Crippen LogP contribution in [0.3, 0.4) is 0 Å². The van der Waals surface area contributed by atoms with Crippen LogP contribution in [0.1, 0.15) is 15.4 Å². The summed E-state index contributed by atoms with van der Waals surface area (Å²) in [6.45, 7) is 2.59. The van der Waals surface area contributed by atoms with E-state index in [-0.39, 0.29) is 0 Å². The lowest BCUT2D eigenvalue weighted by atomic mass is 10.3. The molecule has 0 unspecified atom stereocenters. The van der Waals surface area contributed by atoms with Crippen LogP contribution in [0, 0.1) is 18.3 Å². The molecule has 0 saturated heterocycles. The fraction of sp³-hybridized carbons (Fsp3) is 0.182. The molecule has 0 spiro atoms. The molecule has 2 aromatic rings. The Kier molecular flexibility index (Phi) is 3.21. The minimum Gasteiger partial charge on any atom is -0.396 e. The second-order valence-electron chi connectivity index (χ2n) is 3.49. The van der Waals surface area contributed by atoms with Crippen molar-refractivity contribution in [2.75, 3.05) is 11.1 Å². The van der Waals surface area contributed by atoms with Gasteiger partial charge in [0, 0.05) is 17.3 Å².